The Morgan fingerprint density at radius 2 is 2.12 bits per heavy atom. The molecule has 1 aromatic carbocycles. The van der Waals surface area contributed by atoms with Crippen molar-refractivity contribution in [2.45, 2.75) is 33.0 Å². The molecular weight excluding hydrogens is 333 g/mol. The fraction of sp³-hybridized carbons (Fsp3) is 0.500. The van der Waals surface area contributed by atoms with E-state index in [2.05, 4.69) is 32.7 Å². The zero-order valence-corrected chi connectivity index (χ0v) is 16.0. The number of nitrogens with zero attached hydrogens (tertiary/aromatic N) is 5. The van der Waals surface area contributed by atoms with Gasteiger partial charge in [0.1, 0.15) is 18.0 Å². The van der Waals surface area contributed by atoms with Crippen molar-refractivity contribution in [3.8, 4) is 0 Å². The van der Waals surface area contributed by atoms with Crippen LogP contribution in [0.1, 0.15) is 23.9 Å². The summed E-state index contributed by atoms with van der Waals surface area (Å²) in [5.41, 5.74) is 1.70. The van der Waals surface area contributed by atoms with E-state index in [0.717, 1.165) is 24.4 Å². The molecule has 26 heavy (non-hydrogen) atoms. The molecule has 1 aromatic heterocycles. The molecule has 0 bridgehead atoms. The lowest BCUT2D eigenvalue weighted by atomic mass is 10.1. The Morgan fingerprint density at radius 3 is 2.81 bits per heavy atom. The molecule has 0 unspecified atom stereocenters. The van der Waals surface area contributed by atoms with Crippen LogP contribution in [0.4, 0.5) is 4.39 Å². The Hall–Kier alpha value is -2.48. The number of aromatic nitrogens is 3. The summed E-state index contributed by atoms with van der Waals surface area (Å²) in [6.07, 6.45) is 2.59. The first-order valence-corrected chi connectivity index (χ1v) is 8.76. The Labute approximate surface area is 154 Å². The molecule has 0 aliphatic carbocycles. The van der Waals surface area contributed by atoms with Crippen molar-refractivity contribution in [2.24, 2.45) is 4.99 Å². The number of aliphatic imine (C=N–C) groups is 1. The maximum absolute atomic E-state index is 13.9. The Morgan fingerprint density at radius 1 is 1.31 bits per heavy atom. The van der Waals surface area contributed by atoms with Crippen LogP contribution in [0, 0.1) is 5.82 Å². The third-order valence-electron chi connectivity index (χ3n) is 3.94. The molecule has 142 valence electrons. The summed E-state index contributed by atoms with van der Waals surface area (Å²) in [5.74, 6) is 1.50. The topological polar surface area (TPSA) is 70.4 Å². The average Bonchev–Trinajstić information content (AvgIpc) is 3.07. The molecule has 0 aliphatic heterocycles. The molecule has 2 rings (SSSR count). The summed E-state index contributed by atoms with van der Waals surface area (Å²) >= 11 is 0. The number of guanidine groups is 1. The van der Waals surface area contributed by atoms with E-state index in [4.69, 9.17) is 0 Å². The summed E-state index contributed by atoms with van der Waals surface area (Å²) in [6, 6.07) is 5.20. The number of halogens is 1. The van der Waals surface area contributed by atoms with Crippen LogP contribution in [0.3, 0.4) is 0 Å². The van der Waals surface area contributed by atoms with E-state index in [-0.39, 0.29) is 5.82 Å². The maximum Gasteiger partial charge on any atom is 0.191 e. The van der Waals surface area contributed by atoms with Gasteiger partial charge in [0.25, 0.3) is 0 Å². The summed E-state index contributed by atoms with van der Waals surface area (Å²) in [7, 11) is 5.58. The first kappa shape index (κ1) is 19.8. The highest BCUT2D eigenvalue weighted by Crippen LogP contribution is 2.12. The lowest BCUT2D eigenvalue weighted by Gasteiger charge is -2.14. The molecule has 0 spiro atoms. The lowest BCUT2D eigenvalue weighted by molar-refractivity contribution is 0.392. The Bertz CT molecular complexity index is 724. The Kier molecular flexibility index (Phi) is 7.53. The number of hydrogen-bond donors (Lipinski definition) is 2. The zero-order chi connectivity index (χ0) is 18.9. The van der Waals surface area contributed by atoms with Crippen molar-refractivity contribution >= 4 is 5.96 Å². The van der Waals surface area contributed by atoms with Crippen LogP contribution in [-0.4, -0.2) is 53.3 Å². The standard InChI is InChI=1S/C18H28FN7/c1-5-17-24-23-13-26(17)9-8-21-18(20-2)22-11-14-6-7-16(19)15(10-14)12-25(3)4/h6-7,10,13H,5,8-9,11-12H2,1-4H3,(H2,20,21,22). The van der Waals surface area contributed by atoms with Gasteiger partial charge >= 0.3 is 0 Å². The second-order valence-electron chi connectivity index (χ2n) is 6.31. The predicted octanol–water partition coefficient (Wildman–Crippen LogP) is 1.41. The van der Waals surface area contributed by atoms with E-state index >= 15 is 0 Å². The molecule has 0 aliphatic rings. The predicted molar refractivity (Wildman–Crippen MR) is 101 cm³/mol. The molecule has 2 aromatic rings. The first-order chi connectivity index (χ1) is 12.5. The van der Waals surface area contributed by atoms with Crippen molar-refractivity contribution in [2.75, 3.05) is 27.7 Å². The first-order valence-electron chi connectivity index (χ1n) is 8.76. The third-order valence-corrected chi connectivity index (χ3v) is 3.94. The van der Waals surface area contributed by atoms with E-state index in [1.54, 1.807) is 19.4 Å². The van der Waals surface area contributed by atoms with Gasteiger partial charge in [-0.3, -0.25) is 4.99 Å². The molecular formula is C18H28FN7. The van der Waals surface area contributed by atoms with E-state index < -0.39 is 0 Å². The molecule has 0 fully saturated rings. The fourth-order valence-electron chi connectivity index (χ4n) is 2.64. The van der Waals surface area contributed by atoms with Crippen LogP contribution in [0.15, 0.2) is 29.5 Å². The molecule has 0 saturated carbocycles. The number of benzene rings is 1. The average molecular weight is 361 g/mol. The highest BCUT2D eigenvalue weighted by atomic mass is 19.1. The Balaban J connectivity index is 1.85. The van der Waals surface area contributed by atoms with Crippen LogP contribution in [0.25, 0.3) is 0 Å². The summed E-state index contributed by atoms with van der Waals surface area (Å²) < 4.78 is 15.9. The molecule has 0 saturated heterocycles. The minimum atomic E-state index is -0.175. The second-order valence-corrected chi connectivity index (χ2v) is 6.31. The van der Waals surface area contributed by atoms with Gasteiger partial charge in [-0.2, -0.15) is 0 Å². The lowest BCUT2D eigenvalue weighted by Crippen LogP contribution is -2.38. The van der Waals surface area contributed by atoms with Crippen molar-refractivity contribution in [3.05, 3.63) is 47.3 Å². The summed E-state index contributed by atoms with van der Waals surface area (Å²) in [5, 5.41) is 14.5. The molecule has 8 heteroatoms. The fourth-order valence-corrected chi connectivity index (χ4v) is 2.64. The molecule has 1 heterocycles. The van der Waals surface area contributed by atoms with Gasteiger partial charge in [0.2, 0.25) is 0 Å². The molecule has 0 radical (unpaired) electrons. The van der Waals surface area contributed by atoms with Gasteiger partial charge in [-0.05, 0) is 31.8 Å². The monoisotopic (exact) mass is 361 g/mol. The molecule has 0 atom stereocenters. The van der Waals surface area contributed by atoms with E-state index in [1.807, 2.05) is 29.6 Å². The van der Waals surface area contributed by atoms with Crippen LogP contribution in [-0.2, 0) is 26.1 Å². The van der Waals surface area contributed by atoms with Gasteiger partial charge in [-0.1, -0.05) is 13.0 Å². The van der Waals surface area contributed by atoms with Gasteiger partial charge in [0.05, 0.1) is 0 Å². The normalized spacial score (nSPS) is 11.8. The van der Waals surface area contributed by atoms with Crippen LogP contribution < -0.4 is 10.6 Å². The van der Waals surface area contributed by atoms with E-state index in [0.29, 0.717) is 31.2 Å². The SMILES string of the molecule is CCc1nncn1CCNC(=NC)NCc1ccc(F)c(CN(C)C)c1. The molecule has 2 N–H and O–H groups in total. The summed E-state index contributed by atoms with van der Waals surface area (Å²) in [6.45, 7) is 4.68. The number of hydrogen-bond acceptors (Lipinski definition) is 4. The number of aryl methyl sites for hydroxylation is 1. The smallest absolute Gasteiger partial charge is 0.191 e. The molecule has 0 amide bonds. The van der Waals surface area contributed by atoms with Crippen LogP contribution in [0.2, 0.25) is 0 Å². The van der Waals surface area contributed by atoms with E-state index in [1.165, 1.54) is 6.07 Å². The highest BCUT2D eigenvalue weighted by Gasteiger charge is 2.06. The van der Waals surface area contributed by atoms with Gasteiger partial charge in [0.15, 0.2) is 5.96 Å². The van der Waals surface area contributed by atoms with Crippen molar-refractivity contribution in [1.29, 1.82) is 0 Å². The van der Waals surface area contributed by atoms with Crippen molar-refractivity contribution in [3.63, 3.8) is 0 Å². The molecule has 7 nitrogen and oxygen atoms in total. The largest absolute Gasteiger partial charge is 0.355 e. The minimum absolute atomic E-state index is 0.175. The minimum Gasteiger partial charge on any atom is -0.355 e. The number of nitrogens with one attached hydrogen (secondary N) is 2. The maximum atomic E-state index is 13.9. The van der Waals surface area contributed by atoms with Gasteiger partial charge in [-0.25, -0.2) is 4.39 Å². The van der Waals surface area contributed by atoms with E-state index in [9.17, 15) is 4.39 Å². The number of rotatable bonds is 8. The second kappa shape index (κ2) is 9.86. The van der Waals surface area contributed by atoms with Crippen LogP contribution in [0.5, 0.6) is 0 Å². The van der Waals surface area contributed by atoms with Gasteiger partial charge < -0.3 is 20.1 Å². The highest BCUT2D eigenvalue weighted by molar-refractivity contribution is 5.79. The zero-order valence-electron chi connectivity index (χ0n) is 16.0. The van der Waals surface area contributed by atoms with Crippen molar-refractivity contribution < 1.29 is 4.39 Å². The van der Waals surface area contributed by atoms with Gasteiger partial charge in [0, 0.05) is 45.2 Å². The summed E-state index contributed by atoms with van der Waals surface area (Å²) in [4.78, 5) is 6.17. The van der Waals surface area contributed by atoms with Crippen LogP contribution >= 0.6 is 0 Å². The third kappa shape index (κ3) is 5.80. The van der Waals surface area contributed by atoms with Crippen molar-refractivity contribution in [1.82, 2.24) is 30.3 Å². The quantitative estimate of drug-likeness (QED) is 0.549. The van der Waals surface area contributed by atoms with Gasteiger partial charge in [-0.15, -0.1) is 10.2 Å².